The fourth-order valence-electron chi connectivity index (χ4n) is 0.773. The van der Waals surface area contributed by atoms with E-state index in [-0.39, 0.29) is 5.91 Å². The molecule has 78 valence electrons. The van der Waals surface area contributed by atoms with E-state index < -0.39 is 0 Å². The third kappa shape index (κ3) is 4.06. The normalized spacial score (nSPS) is 10.1. The summed E-state index contributed by atoms with van der Waals surface area (Å²) in [6.07, 6.45) is 2.37. The summed E-state index contributed by atoms with van der Waals surface area (Å²) in [5, 5.41) is 11.0. The summed E-state index contributed by atoms with van der Waals surface area (Å²) in [6, 6.07) is 0. The molecule has 1 aromatic heterocycles. The summed E-state index contributed by atoms with van der Waals surface area (Å²) in [7, 11) is 0. The summed E-state index contributed by atoms with van der Waals surface area (Å²) < 4.78 is 0.919. The molecule has 0 saturated heterocycles. The average Bonchev–Trinajstić information content (AvgIpc) is 2.52. The van der Waals surface area contributed by atoms with Crippen LogP contribution in [0.3, 0.4) is 0 Å². The van der Waals surface area contributed by atoms with Gasteiger partial charge in [0.2, 0.25) is 11.0 Å². The van der Waals surface area contributed by atoms with Gasteiger partial charge in [0.15, 0.2) is 4.34 Å². The van der Waals surface area contributed by atoms with Gasteiger partial charge >= 0.3 is 0 Å². The number of anilines is 1. The van der Waals surface area contributed by atoms with Crippen molar-refractivity contribution >= 4 is 34.1 Å². The lowest BCUT2D eigenvalue weighted by molar-refractivity contribution is -0.114. The Morgan fingerprint density at radius 2 is 2.36 bits per heavy atom. The molecular weight excluding hydrogens is 218 g/mol. The maximum atomic E-state index is 10.7. The number of nitrogens with zero attached hydrogens (tertiary/aromatic N) is 2. The Bertz CT molecular complexity index is 301. The average molecular weight is 231 g/mol. The summed E-state index contributed by atoms with van der Waals surface area (Å²) in [4.78, 5) is 10.7. The Morgan fingerprint density at radius 3 is 3.00 bits per heavy atom. The molecule has 0 saturated carbocycles. The molecule has 1 heterocycles. The lowest BCUT2D eigenvalue weighted by Crippen LogP contribution is -2.04. The van der Waals surface area contributed by atoms with E-state index in [9.17, 15) is 4.79 Å². The number of unbranched alkanes of at least 4 members (excludes halogenated alkanes) is 1. The molecule has 0 bridgehead atoms. The maximum absolute atomic E-state index is 10.7. The molecule has 1 N–H and O–H groups in total. The molecule has 0 spiro atoms. The predicted molar refractivity (Wildman–Crippen MR) is 59.8 cm³/mol. The minimum Gasteiger partial charge on any atom is -0.301 e. The monoisotopic (exact) mass is 231 g/mol. The first kappa shape index (κ1) is 11.5. The van der Waals surface area contributed by atoms with Gasteiger partial charge in [0, 0.05) is 12.7 Å². The lowest BCUT2D eigenvalue weighted by atomic mass is 10.4. The first-order chi connectivity index (χ1) is 6.72. The fourth-order valence-corrected chi connectivity index (χ4v) is 2.73. The minimum atomic E-state index is -0.105. The van der Waals surface area contributed by atoms with Crippen molar-refractivity contribution in [3.63, 3.8) is 0 Å². The third-order valence-electron chi connectivity index (χ3n) is 1.41. The Labute approximate surface area is 91.5 Å². The van der Waals surface area contributed by atoms with Crippen LogP contribution in [0.1, 0.15) is 26.7 Å². The van der Waals surface area contributed by atoms with Gasteiger partial charge in [-0.1, -0.05) is 36.4 Å². The highest BCUT2D eigenvalue weighted by Gasteiger charge is 2.04. The molecule has 0 aliphatic carbocycles. The van der Waals surface area contributed by atoms with Gasteiger partial charge in [-0.3, -0.25) is 4.79 Å². The van der Waals surface area contributed by atoms with Crippen molar-refractivity contribution < 1.29 is 4.79 Å². The third-order valence-corrected chi connectivity index (χ3v) is 3.47. The number of thioether (sulfide) groups is 1. The van der Waals surface area contributed by atoms with Crippen molar-refractivity contribution in [2.45, 2.75) is 31.0 Å². The second kappa shape index (κ2) is 5.98. The van der Waals surface area contributed by atoms with Crippen molar-refractivity contribution in [3.8, 4) is 0 Å². The number of nitrogens with one attached hydrogen (secondary N) is 1. The van der Waals surface area contributed by atoms with Crippen molar-refractivity contribution in [2.75, 3.05) is 11.1 Å². The fraction of sp³-hybridized carbons (Fsp3) is 0.625. The number of carbonyl (C=O) groups is 1. The smallest absolute Gasteiger partial charge is 0.223 e. The standard InChI is InChI=1S/C8H13N3OS2/c1-3-4-5-13-8-11-10-7(14-8)9-6(2)12/h3-5H2,1-2H3,(H,9,10,12). The quantitative estimate of drug-likeness (QED) is 0.480. The van der Waals surface area contributed by atoms with E-state index in [2.05, 4.69) is 22.4 Å². The van der Waals surface area contributed by atoms with Crippen molar-refractivity contribution in [3.05, 3.63) is 0 Å². The molecule has 1 amide bonds. The van der Waals surface area contributed by atoms with Crippen LogP contribution in [0.4, 0.5) is 5.13 Å². The lowest BCUT2D eigenvalue weighted by Gasteiger charge is -1.92. The molecule has 0 radical (unpaired) electrons. The SMILES string of the molecule is CCCCSc1nnc(NC(C)=O)s1. The summed E-state index contributed by atoms with van der Waals surface area (Å²) in [5.41, 5.74) is 0. The summed E-state index contributed by atoms with van der Waals surface area (Å²) in [5.74, 6) is 0.955. The number of hydrogen-bond donors (Lipinski definition) is 1. The number of amides is 1. The molecular formula is C8H13N3OS2. The molecule has 6 heteroatoms. The molecule has 0 atom stereocenters. The topological polar surface area (TPSA) is 54.9 Å². The van der Waals surface area contributed by atoms with Crippen LogP contribution in [0.15, 0.2) is 4.34 Å². The first-order valence-electron chi connectivity index (χ1n) is 4.46. The highest BCUT2D eigenvalue weighted by Crippen LogP contribution is 2.25. The Morgan fingerprint density at radius 1 is 1.57 bits per heavy atom. The number of carbonyl (C=O) groups excluding carboxylic acids is 1. The minimum absolute atomic E-state index is 0.105. The zero-order valence-corrected chi connectivity index (χ0v) is 9.87. The molecule has 0 aromatic carbocycles. The Kier molecular flexibility index (Phi) is 4.89. The summed E-state index contributed by atoms with van der Waals surface area (Å²) >= 11 is 3.11. The highest BCUT2D eigenvalue weighted by molar-refractivity contribution is 8.01. The second-order valence-electron chi connectivity index (χ2n) is 2.76. The number of aromatic nitrogens is 2. The van der Waals surface area contributed by atoms with Crippen LogP contribution >= 0.6 is 23.1 Å². The van der Waals surface area contributed by atoms with Crippen LogP contribution in [-0.2, 0) is 4.79 Å². The Balaban J connectivity index is 2.38. The van der Waals surface area contributed by atoms with E-state index in [0.29, 0.717) is 5.13 Å². The molecule has 0 aliphatic rings. The number of hydrogen-bond acceptors (Lipinski definition) is 5. The number of rotatable bonds is 5. The van der Waals surface area contributed by atoms with Crippen LogP contribution in [-0.4, -0.2) is 21.9 Å². The van der Waals surface area contributed by atoms with Gasteiger partial charge in [-0.05, 0) is 6.42 Å². The van der Waals surface area contributed by atoms with E-state index in [1.807, 2.05) is 0 Å². The first-order valence-corrected chi connectivity index (χ1v) is 6.26. The molecule has 0 unspecified atom stereocenters. The maximum Gasteiger partial charge on any atom is 0.223 e. The van der Waals surface area contributed by atoms with E-state index >= 15 is 0 Å². The van der Waals surface area contributed by atoms with Crippen LogP contribution < -0.4 is 5.32 Å². The molecule has 0 fully saturated rings. The van der Waals surface area contributed by atoms with Gasteiger partial charge in [0.05, 0.1) is 0 Å². The molecule has 14 heavy (non-hydrogen) atoms. The molecule has 4 nitrogen and oxygen atoms in total. The van der Waals surface area contributed by atoms with Gasteiger partial charge in [-0.15, -0.1) is 10.2 Å². The largest absolute Gasteiger partial charge is 0.301 e. The second-order valence-corrected chi connectivity index (χ2v) is 5.08. The summed E-state index contributed by atoms with van der Waals surface area (Å²) in [6.45, 7) is 3.62. The Hall–Kier alpha value is -0.620. The van der Waals surface area contributed by atoms with E-state index in [4.69, 9.17) is 0 Å². The molecule has 0 aliphatic heterocycles. The predicted octanol–water partition coefficient (Wildman–Crippen LogP) is 2.39. The van der Waals surface area contributed by atoms with Crippen LogP contribution in [0.2, 0.25) is 0 Å². The van der Waals surface area contributed by atoms with E-state index in [1.54, 1.807) is 11.8 Å². The van der Waals surface area contributed by atoms with Crippen LogP contribution in [0.5, 0.6) is 0 Å². The van der Waals surface area contributed by atoms with Crippen LogP contribution in [0, 0.1) is 0 Å². The van der Waals surface area contributed by atoms with E-state index in [1.165, 1.54) is 31.1 Å². The van der Waals surface area contributed by atoms with Gasteiger partial charge < -0.3 is 5.32 Å². The highest BCUT2D eigenvalue weighted by atomic mass is 32.2. The van der Waals surface area contributed by atoms with Crippen molar-refractivity contribution in [2.24, 2.45) is 0 Å². The molecule has 1 aromatic rings. The van der Waals surface area contributed by atoms with Gasteiger partial charge in [-0.2, -0.15) is 0 Å². The van der Waals surface area contributed by atoms with Crippen molar-refractivity contribution in [1.29, 1.82) is 0 Å². The van der Waals surface area contributed by atoms with Crippen LogP contribution in [0.25, 0.3) is 0 Å². The van der Waals surface area contributed by atoms with E-state index in [0.717, 1.165) is 10.1 Å². The zero-order valence-electron chi connectivity index (χ0n) is 8.24. The van der Waals surface area contributed by atoms with Crippen molar-refractivity contribution in [1.82, 2.24) is 10.2 Å². The molecule has 1 rings (SSSR count). The van der Waals surface area contributed by atoms with Gasteiger partial charge in [0.1, 0.15) is 0 Å². The van der Waals surface area contributed by atoms with Gasteiger partial charge in [0.25, 0.3) is 0 Å². The van der Waals surface area contributed by atoms with Gasteiger partial charge in [-0.25, -0.2) is 0 Å². The zero-order chi connectivity index (χ0) is 10.4.